The highest BCUT2D eigenvalue weighted by Gasteiger charge is 2.45. The van der Waals surface area contributed by atoms with E-state index in [-0.39, 0.29) is 24.4 Å². The summed E-state index contributed by atoms with van der Waals surface area (Å²) >= 11 is 0. The summed E-state index contributed by atoms with van der Waals surface area (Å²) in [5, 5.41) is 18.4. The highest BCUT2D eigenvalue weighted by Crippen LogP contribution is 2.40. The van der Waals surface area contributed by atoms with Gasteiger partial charge in [0.2, 0.25) is 5.76 Å². The van der Waals surface area contributed by atoms with Gasteiger partial charge in [-0.2, -0.15) is 28.2 Å². The molecule has 0 radical (unpaired) electrons. The van der Waals surface area contributed by atoms with Gasteiger partial charge < -0.3 is 14.4 Å². The summed E-state index contributed by atoms with van der Waals surface area (Å²) in [6.45, 7) is 4.47. The molecule has 8 nitrogen and oxygen atoms in total. The molecule has 33 heavy (non-hydrogen) atoms. The number of aliphatic hydroxyl groups is 1. The van der Waals surface area contributed by atoms with Crippen LogP contribution in [0.3, 0.4) is 0 Å². The van der Waals surface area contributed by atoms with Gasteiger partial charge >= 0.3 is 6.18 Å². The molecule has 1 aliphatic rings. The van der Waals surface area contributed by atoms with Crippen molar-refractivity contribution >= 4 is 5.91 Å². The Balaban J connectivity index is 1.66. The van der Waals surface area contributed by atoms with Crippen molar-refractivity contribution in [3.05, 3.63) is 59.6 Å². The Morgan fingerprint density at radius 2 is 1.82 bits per heavy atom. The second-order valence-electron chi connectivity index (χ2n) is 8.70. The molecule has 2 unspecified atom stereocenters. The van der Waals surface area contributed by atoms with Crippen molar-refractivity contribution in [1.29, 1.82) is 0 Å². The van der Waals surface area contributed by atoms with Crippen LogP contribution in [-0.2, 0) is 11.8 Å². The number of aromatic nitrogens is 4. The number of likely N-dealkylation sites (tertiary alicyclic amines) is 1. The molecule has 1 N–H and O–H groups in total. The van der Waals surface area contributed by atoms with Gasteiger partial charge in [-0.3, -0.25) is 4.79 Å². The van der Waals surface area contributed by atoms with E-state index < -0.39 is 29.1 Å². The molecule has 2 atom stereocenters. The molecule has 1 aliphatic heterocycles. The molecule has 1 amide bonds. The van der Waals surface area contributed by atoms with Crippen LogP contribution in [-0.4, -0.2) is 48.5 Å². The lowest BCUT2D eigenvalue weighted by Gasteiger charge is -2.37. The number of carbonyl (C=O) groups is 1. The Labute approximate surface area is 188 Å². The molecule has 4 rings (SSSR count). The maximum Gasteiger partial charge on any atom is 0.451 e. The minimum atomic E-state index is -4.80. The van der Waals surface area contributed by atoms with Crippen LogP contribution in [0.15, 0.2) is 41.1 Å². The minimum absolute atomic E-state index is 0.129. The monoisotopic (exact) mass is 463 g/mol. The molecule has 0 saturated carbocycles. The summed E-state index contributed by atoms with van der Waals surface area (Å²) in [5.74, 6) is -2.27. The highest BCUT2D eigenvalue weighted by molar-refractivity contribution is 5.98. The lowest BCUT2D eigenvalue weighted by atomic mass is 9.92. The number of alkyl halides is 3. The van der Waals surface area contributed by atoms with Crippen molar-refractivity contribution in [3.8, 4) is 5.69 Å². The molecular weight excluding hydrogens is 439 g/mol. The first kappa shape index (κ1) is 23.0. The zero-order valence-corrected chi connectivity index (χ0v) is 18.4. The van der Waals surface area contributed by atoms with Crippen molar-refractivity contribution in [2.75, 3.05) is 6.54 Å². The quantitative estimate of drug-likeness (QED) is 0.630. The number of piperidine rings is 1. The number of oxazole rings is 1. The topological polar surface area (TPSA) is 97.3 Å². The number of nitrogens with zero attached hydrogens (tertiary/aromatic N) is 5. The molecule has 1 fully saturated rings. The van der Waals surface area contributed by atoms with Crippen molar-refractivity contribution in [2.24, 2.45) is 0 Å². The zero-order chi connectivity index (χ0) is 24.0. The summed E-state index contributed by atoms with van der Waals surface area (Å²) in [4.78, 5) is 20.5. The van der Waals surface area contributed by atoms with Crippen LogP contribution in [0.5, 0.6) is 0 Å². The number of amides is 1. The fraction of sp³-hybridized carbons (Fsp3) is 0.455. The first-order valence-corrected chi connectivity index (χ1v) is 10.5. The molecule has 0 aliphatic carbocycles. The summed E-state index contributed by atoms with van der Waals surface area (Å²) in [6, 6.07) is 6.74. The van der Waals surface area contributed by atoms with Crippen LogP contribution in [0, 0.1) is 0 Å². The smallest absolute Gasteiger partial charge is 0.435 e. The number of carbonyl (C=O) groups excluding carboxylic acids is 1. The van der Waals surface area contributed by atoms with Gasteiger partial charge in [-0.25, -0.2) is 4.98 Å². The molecule has 3 heterocycles. The van der Waals surface area contributed by atoms with E-state index in [2.05, 4.69) is 15.2 Å². The zero-order valence-electron chi connectivity index (χ0n) is 18.4. The van der Waals surface area contributed by atoms with E-state index in [1.54, 1.807) is 29.2 Å². The average molecular weight is 463 g/mol. The molecule has 11 heteroatoms. The van der Waals surface area contributed by atoms with Crippen molar-refractivity contribution < 1.29 is 27.5 Å². The number of benzene rings is 1. The van der Waals surface area contributed by atoms with Gasteiger partial charge in [-0.05, 0) is 45.7 Å². The van der Waals surface area contributed by atoms with Gasteiger partial charge in [0.05, 0.1) is 29.6 Å². The van der Waals surface area contributed by atoms with E-state index in [9.17, 15) is 23.1 Å². The molecule has 0 spiro atoms. The first-order chi connectivity index (χ1) is 15.5. The Morgan fingerprint density at radius 1 is 1.15 bits per heavy atom. The lowest BCUT2D eigenvalue weighted by molar-refractivity contribution is -0.156. The van der Waals surface area contributed by atoms with Crippen LogP contribution in [0.1, 0.15) is 67.2 Å². The van der Waals surface area contributed by atoms with E-state index >= 15 is 0 Å². The van der Waals surface area contributed by atoms with E-state index in [4.69, 9.17) is 4.42 Å². The van der Waals surface area contributed by atoms with Gasteiger partial charge in [0, 0.05) is 12.6 Å². The Hall–Kier alpha value is -3.21. The third-order valence-corrected chi connectivity index (χ3v) is 5.74. The molecule has 1 aromatic carbocycles. The SMILES string of the molecule is CC1CCC(c2nc(C(C)(C)O)c(C(F)(F)F)o2)CN1C(=O)c1ccccc1-n1nccn1. The van der Waals surface area contributed by atoms with Gasteiger partial charge in [0.1, 0.15) is 11.3 Å². The van der Waals surface area contributed by atoms with Crippen LogP contribution in [0.25, 0.3) is 5.69 Å². The lowest BCUT2D eigenvalue weighted by Crippen LogP contribution is -2.45. The van der Waals surface area contributed by atoms with Crippen LogP contribution < -0.4 is 0 Å². The molecule has 176 valence electrons. The number of para-hydroxylation sites is 1. The van der Waals surface area contributed by atoms with Crippen molar-refractivity contribution in [3.63, 3.8) is 0 Å². The van der Waals surface area contributed by atoms with Crippen molar-refractivity contribution in [1.82, 2.24) is 24.9 Å². The molecular formula is C22H24F3N5O3. The normalized spacial score (nSPS) is 19.7. The third-order valence-electron chi connectivity index (χ3n) is 5.74. The van der Waals surface area contributed by atoms with Crippen LogP contribution >= 0.6 is 0 Å². The maximum absolute atomic E-state index is 13.5. The Bertz CT molecular complexity index is 1100. The van der Waals surface area contributed by atoms with Gasteiger partial charge in [-0.1, -0.05) is 12.1 Å². The standard InChI is InChI=1S/C22H24F3N5O3/c1-13-8-9-14(19-28-17(21(2,3)32)18(33-19)22(23,24)25)12-29(13)20(31)15-6-4-5-7-16(15)30-26-10-11-27-30/h4-7,10-11,13-14,32H,8-9,12H2,1-3H3. The number of halogens is 3. The van der Waals surface area contributed by atoms with Gasteiger partial charge in [-0.15, -0.1) is 0 Å². The highest BCUT2D eigenvalue weighted by atomic mass is 19.4. The number of hydrogen-bond acceptors (Lipinski definition) is 6. The van der Waals surface area contributed by atoms with E-state index in [0.29, 0.717) is 24.1 Å². The third kappa shape index (κ3) is 4.50. The summed E-state index contributed by atoms with van der Waals surface area (Å²) in [7, 11) is 0. The Kier molecular flexibility index (Phi) is 5.77. The summed E-state index contributed by atoms with van der Waals surface area (Å²) in [5.41, 5.74) is -1.51. The Morgan fingerprint density at radius 3 is 2.42 bits per heavy atom. The van der Waals surface area contributed by atoms with E-state index in [0.717, 1.165) is 0 Å². The predicted octanol–water partition coefficient (Wildman–Crippen LogP) is 3.91. The molecule has 0 bridgehead atoms. The first-order valence-electron chi connectivity index (χ1n) is 10.5. The summed E-state index contributed by atoms with van der Waals surface area (Å²) in [6.07, 6.45) is -0.742. The minimum Gasteiger partial charge on any atom is -0.435 e. The molecule has 1 saturated heterocycles. The van der Waals surface area contributed by atoms with E-state index in [1.165, 1.54) is 31.0 Å². The fourth-order valence-corrected chi connectivity index (χ4v) is 4.03. The van der Waals surface area contributed by atoms with Gasteiger partial charge in [0.15, 0.2) is 5.89 Å². The second-order valence-corrected chi connectivity index (χ2v) is 8.70. The number of rotatable bonds is 4. The van der Waals surface area contributed by atoms with Crippen LogP contribution in [0.4, 0.5) is 13.2 Å². The molecule has 3 aromatic rings. The second kappa shape index (κ2) is 8.29. The average Bonchev–Trinajstić information content (AvgIpc) is 3.43. The summed E-state index contributed by atoms with van der Waals surface area (Å²) < 4.78 is 45.6. The van der Waals surface area contributed by atoms with Gasteiger partial charge in [0.25, 0.3) is 5.91 Å². The predicted molar refractivity (Wildman–Crippen MR) is 111 cm³/mol. The number of hydrogen-bond donors (Lipinski definition) is 1. The van der Waals surface area contributed by atoms with E-state index in [1.807, 2.05) is 6.92 Å². The van der Waals surface area contributed by atoms with Crippen LogP contribution in [0.2, 0.25) is 0 Å². The largest absolute Gasteiger partial charge is 0.451 e. The fourth-order valence-electron chi connectivity index (χ4n) is 4.03. The van der Waals surface area contributed by atoms with Crippen molar-refractivity contribution in [2.45, 2.75) is 57.3 Å². The molecule has 2 aromatic heterocycles. The maximum atomic E-state index is 13.5.